The van der Waals surface area contributed by atoms with Crippen LogP contribution in [0.2, 0.25) is 0 Å². The first-order valence-corrected chi connectivity index (χ1v) is 7.91. The van der Waals surface area contributed by atoms with Gasteiger partial charge in [0.1, 0.15) is 5.82 Å². The lowest BCUT2D eigenvalue weighted by molar-refractivity contribution is 0.414. The molecule has 110 valence electrons. The lowest BCUT2D eigenvalue weighted by Crippen LogP contribution is -2.50. The number of fused-ring (bicyclic) bond motifs is 1. The third-order valence-corrected chi connectivity index (χ3v) is 4.73. The van der Waals surface area contributed by atoms with Crippen LogP contribution in [0.3, 0.4) is 0 Å². The summed E-state index contributed by atoms with van der Waals surface area (Å²) in [6.07, 6.45) is 2.68. The van der Waals surface area contributed by atoms with Gasteiger partial charge >= 0.3 is 0 Å². The Kier molecular flexibility index (Phi) is 4.00. The number of anilines is 1. The number of para-hydroxylation sites is 1. The molecule has 0 fully saturated rings. The van der Waals surface area contributed by atoms with Crippen molar-refractivity contribution in [3.63, 3.8) is 0 Å². The third kappa shape index (κ3) is 2.97. The van der Waals surface area contributed by atoms with Crippen LogP contribution in [0.25, 0.3) is 0 Å². The summed E-state index contributed by atoms with van der Waals surface area (Å²) in [5.41, 5.74) is 8.93. The smallest absolute Gasteiger partial charge is 0.146 e. The number of nitrogens with one attached hydrogen (secondary N) is 1. The zero-order valence-electron chi connectivity index (χ0n) is 11.7. The fourth-order valence-electron chi connectivity index (χ4n) is 3.01. The molecule has 3 rings (SSSR count). The summed E-state index contributed by atoms with van der Waals surface area (Å²) < 4.78 is 15.0. The number of hydrogen-bond donors (Lipinski definition) is 2. The summed E-state index contributed by atoms with van der Waals surface area (Å²) in [4.78, 5) is 0. The predicted molar refractivity (Wildman–Crippen MR) is 88.0 cm³/mol. The van der Waals surface area contributed by atoms with Gasteiger partial charge in [-0.2, -0.15) is 0 Å². The van der Waals surface area contributed by atoms with Gasteiger partial charge in [-0.1, -0.05) is 34.1 Å². The molecule has 0 saturated heterocycles. The lowest BCUT2D eigenvalue weighted by atomic mass is 9.77. The van der Waals surface area contributed by atoms with Gasteiger partial charge < -0.3 is 11.1 Å². The highest BCUT2D eigenvalue weighted by atomic mass is 79.9. The van der Waals surface area contributed by atoms with Crippen molar-refractivity contribution in [3.05, 3.63) is 63.9 Å². The van der Waals surface area contributed by atoms with Crippen LogP contribution < -0.4 is 11.1 Å². The second-order valence-corrected chi connectivity index (χ2v) is 6.59. The van der Waals surface area contributed by atoms with Crippen LogP contribution in [0.1, 0.15) is 17.5 Å². The van der Waals surface area contributed by atoms with Gasteiger partial charge in [-0.05, 0) is 54.7 Å². The van der Waals surface area contributed by atoms with Crippen LogP contribution in [0.4, 0.5) is 10.1 Å². The van der Waals surface area contributed by atoms with Gasteiger partial charge in [0.05, 0.1) is 11.2 Å². The molecule has 0 radical (unpaired) electrons. The van der Waals surface area contributed by atoms with Crippen LogP contribution in [0.5, 0.6) is 0 Å². The average molecular weight is 349 g/mol. The molecule has 0 heterocycles. The van der Waals surface area contributed by atoms with Gasteiger partial charge in [-0.15, -0.1) is 0 Å². The van der Waals surface area contributed by atoms with Crippen molar-refractivity contribution in [1.29, 1.82) is 0 Å². The first-order valence-electron chi connectivity index (χ1n) is 7.12. The maximum atomic E-state index is 13.9. The molecule has 21 heavy (non-hydrogen) atoms. The Labute approximate surface area is 132 Å². The van der Waals surface area contributed by atoms with Gasteiger partial charge in [0.25, 0.3) is 0 Å². The molecule has 0 amide bonds. The molecule has 0 aliphatic heterocycles. The molecule has 0 spiro atoms. The molecule has 1 unspecified atom stereocenters. The van der Waals surface area contributed by atoms with E-state index in [-0.39, 0.29) is 11.4 Å². The average Bonchev–Trinajstić information content (AvgIpc) is 2.50. The standard InChI is InChI=1S/C17H18BrFN2/c18-14-6-5-13-10-17(11-20,8-7-12(13)9-14)21-16-4-2-1-3-15(16)19/h1-6,9,21H,7-8,10-11,20H2. The fraction of sp³-hybridized carbons (Fsp3) is 0.294. The predicted octanol–water partition coefficient (Wildman–Crippen LogP) is 3.89. The molecule has 2 aromatic carbocycles. The van der Waals surface area contributed by atoms with Crippen molar-refractivity contribution >= 4 is 21.6 Å². The summed E-state index contributed by atoms with van der Waals surface area (Å²) in [5, 5.41) is 3.36. The highest BCUT2D eigenvalue weighted by Crippen LogP contribution is 2.33. The normalized spacial score (nSPS) is 20.9. The van der Waals surface area contributed by atoms with Crippen LogP contribution >= 0.6 is 15.9 Å². The number of hydrogen-bond acceptors (Lipinski definition) is 2. The molecular weight excluding hydrogens is 331 g/mol. The number of nitrogens with two attached hydrogens (primary N) is 1. The van der Waals surface area contributed by atoms with E-state index in [1.165, 1.54) is 17.2 Å². The van der Waals surface area contributed by atoms with Crippen LogP contribution in [-0.4, -0.2) is 12.1 Å². The second kappa shape index (κ2) is 5.78. The Balaban J connectivity index is 1.89. The van der Waals surface area contributed by atoms with E-state index in [0.29, 0.717) is 12.2 Å². The van der Waals surface area contributed by atoms with Gasteiger partial charge in [0.15, 0.2) is 0 Å². The molecule has 3 N–H and O–H groups in total. The van der Waals surface area contributed by atoms with E-state index in [2.05, 4.69) is 39.4 Å². The van der Waals surface area contributed by atoms with Crippen LogP contribution in [-0.2, 0) is 12.8 Å². The van der Waals surface area contributed by atoms with Crippen molar-refractivity contribution in [1.82, 2.24) is 0 Å². The molecule has 1 atom stereocenters. The van der Waals surface area contributed by atoms with E-state index in [1.54, 1.807) is 12.1 Å². The minimum atomic E-state index is -0.275. The van der Waals surface area contributed by atoms with Crippen LogP contribution in [0, 0.1) is 5.82 Å². The SMILES string of the molecule is NCC1(Nc2ccccc2F)CCc2cc(Br)ccc2C1. The largest absolute Gasteiger partial charge is 0.376 e. The topological polar surface area (TPSA) is 38.0 Å². The van der Waals surface area contributed by atoms with E-state index in [1.807, 2.05) is 6.07 Å². The number of aryl methyl sites for hydroxylation is 1. The number of halogens is 2. The summed E-state index contributed by atoms with van der Waals surface area (Å²) >= 11 is 3.51. The Morgan fingerprint density at radius 2 is 2.00 bits per heavy atom. The van der Waals surface area contributed by atoms with Crippen molar-refractivity contribution in [2.24, 2.45) is 5.73 Å². The first-order chi connectivity index (χ1) is 10.1. The molecule has 0 saturated carbocycles. The molecule has 0 bridgehead atoms. The van der Waals surface area contributed by atoms with E-state index >= 15 is 0 Å². The summed E-state index contributed by atoms with van der Waals surface area (Å²) in [6, 6.07) is 13.1. The van der Waals surface area contributed by atoms with Gasteiger partial charge in [0.2, 0.25) is 0 Å². The zero-order chi connectivity index (χ0) is 14.9. The monoisotopic (exact) mass is 348 g/mol. The van der Waals surface area contributed by atoms with E-state index < -0.39 is 0 Å². The number of benzene rings is 2. The van der Waals surface area contributed by atoms with E-state index in [9.17, 15) is 4.39 Å². The Hall–Kier alpha value is -1.39. The molecule has 1 aliphatic rings. The molecule has 2 aromatic rings. The molecule has 4 heteroatoms. The van der Waals surface area contributed by atoms with Crippen molar-refractivity contribution in [2.75, 3.05) is 11.9 Å². The summed E-state index contributed by atoms with van der Waals surface area (Å²) in [6.45, 7) is 0.483. The van der Waals surface area contributed by atoms with Crippen LogP contribution in [0.15, 0.2) is 46.9 Å². The molecule has 2 nitrogen and oxygen atoms in total. The second-order valence-electron chi connectivity index (χ2n) is 5.68. The minimum absolute atomic E-state index is 0.230. The minimum Gasteiger partial charge on any atom is -0.376 e. The van der Waals surface area contributed by atoms with Gasteiger partial charge in [0, 0.05) is 11.0 Å². The Morgan fingerprint density at radius 1 is 1.19 bits per heavy atom. The maximum absolute atomic E-state index is 13.9. The highest BCUT2D eigenvalue weighted by Gasteiger charge is 2.33. The quantitative estimate of drug-likeness (QED) is 0.882. The summed E-state index contributed by atoms with van der Waals surface area (Å²) in [7, 11) is 0. The van der Waals surface area contributed by atoms with Gasteiger partial charge in [-0.25, -0.2) is 4.39 Å². The Bertz CT molecular complexity index is 659. The van der Waals surface area contributed by atoms with Crippen molar-refractivity contribution in [2.45, 2.75) is 24.8 Å². The van der Waals surface area contributed by atoms with Gasteiger partial charge in [-0.3, -0.25) is 0 Å². The van der Waals surface area contributed by atoms with Crippen molar-refractivity contribution < 1.29 is 4.39 Å². The molecular formula is C17H18BrFN2. The first kappa shape index (κ1) is 14.5. The Morgan fingerprint density at radius 3 is 2.76 bits per heavy atom. The third-order valence-electron chi connectivity index (χ3n) is 4.23. The number of rotatable bonds is 3. The van der Waals surface area contributed by atoms with Crippen molar-refractivity contribution in [3.8, 4) is 0 Å². The zero-order valence-corrected chi connectivity index (χ0v) is 13.3. The molecule has 0 aromatic heterocycles. The van der Waals surface area contributed by atoms with E-state index in [0.717, 1.165) is 23.7 Å². The summed E-state index contributed by atoms with van der Waals surface area (Å²) in [5.74, 6) is -0.230. The fourth-order valence-corrected chi connectivity index (χ4v) is 3.42. The lowest BCUT2D eigenvalue weighted by Gasteiger charge is -2.39. The highest BCUT2D eigenvalue weighted by molar-refractivity contribution is 9.10. The van der Waals surface area contributed by atoms with E-state index in [4.69, 9.17) is 5.73 Å². The maximum Gasteiger partial charge on any atom is 0.146 e. The molecule has 1 aliphatic carbocycles.